The lowest BCUT2D eigenvalue weighted by Crippen LogP contribution is -2.59. The van der Waals surface area contributed by atoms with Crippen LogP contribution in [-0.4, -0.2) is 49.9 Å². The van der Waals surface area contributed by atoms with Gasteiger partial charge < -0.3 is 20.4 Å². The van der Waals surface area contributed by atoms with E-state index in [-0.39, 0.29) is 0 Å². The van der Waals surface area contributed by atoms with Crippen molar-refractivity contribution in [1.29, 1.82) is 0 Å². The molecular formula is C6H6F2O7. The molecular weight excluding hydrogens is 222 g/mol. The Morgan fingerprint density at radius 1 is 1.00 bits per heavy atom. The third-order valence-electron chi connectivity index (χ3n) is 1.55. The number of halogens is 2. The van der Waals surface area contributed by atoms with Gasteiger partial charge in [0.1, 0.15) is 0 Å². The Morgan fingerprint density at radius 2 is 1.40 bits per heavy atom. The molecule has 0 aliphatic heterocycles. The molecule has 9 heteroatoms. The van der Waals surface area contributed by atoms with Gasteiger partial charge in [0.05, 0.1) is 6.42 Å². The molecule has 15 heavy (non-hydrogen) atoms. The Kier molecular flexibility index (Phi) is 3.32. The smallest absolute Gasteiger partial charge is 0.381 e. The molecule has 0 aromatic carbocycles. The van der Waals surface area contributed by atoms with Crippen LogP contribution < -0.4 is 0 Å². The molecule has 0 rings (SSSR count). The molecule has 4 N–H and O–H groups in total. The average molecular weight is 228 g/mol. The monoisotopic (exact) mass is 228 g/mol. The summed E-state index contributed by atoms with van der Waals surface area (Å²) in [4.78, 5) is 30.3. The molecule has 0 saturated heterocycles. The first kappa shape index (κ1) is 13.2. The van der Waals surface area contributed by atoms with Crippen molar-refractivity contribution >= 4 is 17.9 Å². The maximum Gasteiger partial charge on any atom is 0.381 e. The maximum absolute atomic E-state index is 12.7. The van der Waals surface area contributed by atoms with Crippen molar-refractivity contribution in [3.63, 3.8) is 0 Å². The first-order valence-electron chi connectivity index (χ1n) is 3.34. The van der Waals surface area contributed by atoms with Gasteiger partial charge in [0, 0.05) is 0 Å². The van der Waals surface area contributed by atoms with Crippen LogP contribution in [0.4, 0.5) is 8.78 Å². The molecule has 0 aliphatic carbocycles. The molecule has 0 aromatic heterocycles. The van der Waals surface area contributed by atoms with Crippen molar-refractivity contribution in [3.8, 4) is 0 Å². The lowest BCUT2D eigenvalue weighted by molar-refractivity contribution is -0.221. The number of aliphatic hydroxyl groups is 1. The topological polar surface area (TPSA) is 132 Å². The van der Waals surface area contributed by atoms with Gasteiger partial charge in [-0.2, -0.15) is 8.78 Å². The number of hydrogen-bond donors (Lipinski definition) is 4. The summed E-state index contributed by atoms with van der Waals surface area (Å²) in [5.74, 6) is -12.7. The van der Waals surface area contributed by atoms with Crippen molar-refractivity contribution in [2.24, 2.45) is 0 Å². The largest absolute Gasteiger partial charge is 0.481 e. The number of carboxylic acid groups (broad SMARTS) is 3. The molecule has 86 valence electrons. The van der Waals surface area contributed by atoms with Crippen LogP contribution in [0.25, 0.3) is 0 Å². The summed E-state index contributed by atoms with van der Waals surface area (Å²) >= 11 is 0. The third-order valence-corrected chi connectivity index (χ3v) is 1.55. The number of alkyl halides is 2. The first-order valence-corrected chi connectivity index (χ1v) is 3.34. The molecule has 7 nitrogen and oxygen atoms in total. The molecule has 0 aromatic rings. The van der Waals surface area contributed by atoms with Crippen LogP contribution in [0.15, 0.2) is 0 Å². The van der Waals surface area contributed by atoms with Crippen molar-refractivity contribution in [1.82, 2.24) is 0 Å². The molecule has 0 fully saturated rings. The molecule has 0 spiro atoms. The van der Waals surface area contributed by atoms with Crippen molar-refractivity contribution in [2.45, 2.75) is 17.9 Å². The standard InChI is InChI=1S/C6H6F2O7/c7-6(8,4(13)14)5(15,3(11)12)1-2(9)10/h15H,1H2,(H,9,10)(H,11,12)(H,13,14)/t5-/m1/s1. The molecule has 0 amide bonds. The zero-order chi connectivity index (χ0) is 12.4. The van der Waals surface area contributed by atoms with E-state index in [0.717, 1.165) is 0 Å². The first-order chi connectivity index (χ1) is 6.55. The van der Waals surface area contributed by atoms with E-state index in [2.05, 4.69) is 0 Å². The molecule has 0 bridgehead atoms. The van der Waals surface area contributed by atoms with Gasteiger partial charge in [0.15, 0.2) is 0 Å². The van der Waals surface area contributed by atoms with E-state index in [1.807, 2.05) is 0 Å². The number of hydrogen-bond acceptors (Lipinski definition) is 4. The van der Waals surface area contributed by atoms with Gasteiger partial charge >= 0.3 is 23.8 Å². The lowest BCUT2D eigenvalue weighted by Gasteiger charge is -2.27. The van der Waals surface area contributed by atoms with E-state index in [1.165, 1.54) is 0 Å². The van der Waals surface area contributed by atoms with Crippen molar-refractivity contribution in [2.75, 3.05) is 0 Å². The summed E-state index contributed by atoms with van der Waals surface area (Å²) in [7, 11) is 0. The summed E-state index contributed by atoms with van der Waals surface area (Å²) in [6, 6.07) is 0. The second-order valence-corrected chi connectivity index (χ2v) is 2.62. The maximum atomic E-state index is 12.7. The molecule has 0 heterocycles. The van der Waals surface area contributed by atoms with Gasteiger partial charge in [0.25, 0.3) is 0 Å². The Balaban J connectivity index is 5.38. The Hall–Kier alpha value is -1.77. The van der Waals surface area contributed by atoms with E-state index in [9.17, 15) is 23.2 Å². The van der Waals surface area contributed by atoms with E-state index in [0.29, 0.717) is 0 Å². The quantitative estimate of drug-likeness (QED) is 0.474. The highest BCUT2D eigenvalue weighted by molar-refractivity contribution is 5.92. The van der Waals surface area contributed by atoms with Crippen LogP contribution in [0.3, 0.4) is 0 Å². The fraction of sp³-hybridized carbons (Fsp3) is 0.500. The highest BCUT2D eigenvalue weighted by Gasteiger charge is 2.65. The van der Waals surface area contributed by atoms with Gasteiger partial charge in [-0.25, -0.2) is 9.59 Å². The summed E-state index contributed by atoms with van der Waals surface area (Å²) < 4.78 is 25.4. The zero-order valence-electron chi connectivity index (χ0n) is 6.98. The summed E-state index contributed by atoms with van der Waals surface area (Å²) in [5.41, 5.74) is -4.18. The fourth-order valence-electron chi connectivity index (χ4n) is 0.717. The van der Waals surface area contributed by atoms with Gasteiger partial charge in [0.2, 0.25) is 5.60 Å². The summed E-state index contributed by atoms with van der Waals surface area (Å²) in [5, 5.41) is 33.1. The Morgan fingerprint density at radius 3 is 1.60 bits per heavy atom. The predicted octanol–water partition coefficient (Wildman–Crippen LogP) is -1.00. The highest BCUT2D eigenvalue weighted by Crippen LogP contribution is 2.32. The van der Waals surface area contributed by atoms with E-state index in [4.69, 9.17) is 20.4 Å². The average Bonchev–Trinajstić information content (AvgIpc) is 2.01. The lowest BCUT2D eigenvalue weighted by atomic mass is 9.92. The molecule has 0 unspecified atom stereocenters. The number of rotatable bonds is 5. The van der Waals surface area contributed by atoms with Gasteiger partial charge in [-0.05, 0) is 0 Å². The minimum absolute atomic E-state index is 1.93. The van der Waals surface area contributed by atoms with Gasteiger partial charge in [-0.15, -0.1) is 0 Å². The summed E-state index contributed by atoms with van der Waals surface area (Å²) in [6.07, 6.45) is -1.93. The molecule has 0 aliphatic rings. The SMILES string of the molecule is O=C(O)C[C@@](O)(C(=O)O)C(F)(F)C(=O)O. The molecule has 0 radical (unpaired) electrons. The van der Waals surface area contributed by atoms with Gasteiger partial charge in [-0.3, -0.25) is 4.79 Å². The van der Waals surface area contributed by atoms with Crippen LogP contribution in [0, 0.1) is 0 Å². The normalized spacial score (nSPS) is 15.4. The zero-order valence-corrected chi connectivity index (χ0v) is 6.98. The fourth-order valence-corrected chi connectivity index (χ4v) is 0.717. The van der Waals surface area contributed by atoms with Crippen molar-refractivity contribution < 1.29 is 43.6 Å². The van der Waals surface area contributed by atoms with E-state index in [1.54, 1.807) is 0 Å². The molecule has 0 saturated carbocycles. The number of carbonyl (C=O) groups is 3. The third kappa shape index (κ3) is 2.18. The van der Waals surface area contributed by atoms with Crippen LogP contribution in [0.5, 0.6) is 0 Å². The van der Waals surface area contributed by atoms with E-state index >= 15 is 0 Å². The van der Waals surface area contributed by atoms with Crippen molar-refractivity contribution in [3.05, 3.63) is 0 Å². The highest BCUT2D eigenvalue weighted by atomic mass is 19.3. The summed E-state index contributed by atoms with van der Waals surface area (Å²) in [6.45, 7) is 0. The molecule has 1 atom stereocenters. The number of aliphatic carboxylic acids is 3. The van der Waals surface area contributed by atoms with Crippen LogP contribution in [-0.2, 0) is 14.4 Å². The second kappa shape index (κ2) is 3.77. The van der Waals surface area contributed by atoms with Gasteiger partial charge in [-0.1, -0.05) is 0 Å². The minimum atomic E-state index is -5.10. The van der Waals surface area contributed by atoms with Crippen LogP contribution in [0.2, 0.25) is 0 Å². The Bertz CT molecular complexity index is 313. The predicted molar refractivity (Wildman–Crippen MR) is 37.4 cm³/mol. The van der Waals surface area contributed by atoms with E-state index < -0.39 is 35.9 Å². The second-order valence-electron chi connectivity index (χ2n) is 2.62. The number of carboxylic acids is 3. The van der Waals surface area contributed by atoms with Crippen LogP contribution >= 0.6 is 0 Å². The van der Waals surface area contributed by atoms with Crippen LogP contribution in [0.1, 0.15) is 6.42 Å². The Labute approximate surface area is 80.6 Å². The minimum Gasteiger partial charge on any atom is -0.481 e.